The van der Waals surface area contributed by atoms with Crippen LogP contribution in [0.25, 0.3) is 111 Å². The van der Waals surface area contributed by atoms with Gasteiger partial charge in [-0.25, -0.2) is 24.9 Å². The van der Waals surface area contributed by atoms with E-state index in [2.05, 4.69) is 164 Å². The molecule has 0 saturated carbocycles. The zero-order chi connectivity index (χ0) is 37.0. The van der Waals surface area contributed by atoms with Gasteiger partial charge in [-0.15, -0.1) is 0 Å². The van der Waals surface area contributed by atoms with Gasteiger partial charge in [0.05, 0.1) is 22.4 Å². The summed E-state index contributed by atoms with van der Waals surface area (Å²) in [6, 6.07) is 65.2. The number of hydrogen-bond acceptors (Lipinski definition) is 5. The van der Waals surface area contributed by atoms with Gasteiger partial charge < -0.3 is 0 Å². The van der Waals surface area contributed by atoms with Crippen LogP contribution in [0, 0.1) is 0 Å². The molecule has 0 aliphatic rings. The summed E-state index contributed by atoms with van der Waals surface area (Å²) in [5.74, 6) is 1.84. The van der Waals surface area contributed by atoms with Crippen LogP contribution in [0.3, 0.4) is 0 Å². The Bertz CT molecular complexity index is 3220. The number of para-hydroxylation sites is 1. The molecule has 0 spiro atoms. The fraction of sp³-hybridized carbons (Fsp3) is 0. The minimum Gasteiger partial charge on any atom is -0.248 e. The largest absolute Gasteiger partial charge is 0.248 e. The highest BCUT2D eigenvalue weighted by Crippen LogP contribution is 2.39. The molecular weight excluding hydrogens is 683 g/mol. The topological polar surface area (TPSA) is 64.5 Å². The van der Waals surface area contributed by atoms with Crippen molar-refractivity contribution in [3.63, 3.8) is 0 Å². The predicted octanol–water partition coefficient (Wildman–Crippen LogP) is 12.8. The van der Waals surface area contributed by atoms with Crippen LogP contribution in [0.2, 0.25) is 0 Å². The molecule has 0 unspecified atom stereocenters. The second-order valence-corrected chi connectivity index (χ2v) is 14.1. The highest BCUT2D eigenvalue weighted by Gasteiger charge is 2.18. The monoisotopic (exact) mass is 713 g/mol. The summed E-state index contributed by atoms with van der Waals surface area (Å²) >= 11 is 0. The zero-order valence-corrected chi connectivity index (χ0v) is 30.1. The molecule has 0 aliphatic heterocycles. The predicted molar refractivity (Wildman–Crippen MR) is 230 cm³/mol. The van der Waals surface area contributed by atoms with Crippen LogP contribution in [0.5, 0.6) is 0 Å². The minimum absolute atomic E-state index is 0.595. The summed E-state index contributed by atoms with van der Waals surface area (Å²) in [6.07, 6.45) is 0. The number of fused-ring (bicyclic) bond motifs is 7. The lowest BCUT2D eigenvalue weighted by Crippen LogP contribution is -2.00. The van der Waals surface area contributed by atoms with E-state index in [1.165, 1.54) is 10.8 Å². The minimum atomic E-state index is 0.595. The van der Waals surface area contributed by atoms with E-state index in [4.69, 9.17) is 24.9 Å². The van der Waals surface area contributed by atoms with E-state index in [1.807, 2.05) is 24.3 Å². The lowest BCUT2D eigenvalue weighted by molar-refractivity contribution is 1.08. The molecule has 5 heteroatoms. The van der Waals surface area contributed by atoms with Gasteiger partial charge in [0.15, 0.2) is 17.5 Å². The van der Waals surface area contributed by atoms with Crippen LogP contribution in [-0.2, 0) is 0 Å². The molecule has 0 aliphatic carbocycles. The maximum atomic E-state index is 5.35. The molecule has 11 aromatic rings. The van der Waals surface area contributed by atoms with Crippen molar-refractivity contribution in [1.82, 2.24) is 24.9 Å². The molecule has 3 aromatic heterocycles. The number of pyridine rings is 2. The first-order valence-corrected chi connectivity index (χ1v) is 18.7. The normalized spacial score (nSPS) is 11.6. The Morgan fingerprint density at radius 3 is 1.50 bits per heavy atom. The Labute approximate surface area is 322 Å². The van der Waals surface area contributed by atoms with E-state index in [1.54, 1.807) is 0 Å². The Kier molecular flexibility index (Phi) is 7.42. The van der Waals surface area contributed by atoms with Crippen molar-refractivity contribution in [3.8, 4) is 56.7 Å². The standard InChI is InChI=1S/C51H31N5/c1-2-13-34(14-3-1)44-27-26-43-46(52-44)28-25-42-41-19-8-9-20-45(41)53-48(47(42)43)37-17-10-18-38(31-37)49-54-50(39-23-21-32-11-4-6-15-35(32)29-39)56-51(55-49)40-24-22-33-12-5-7-16-36(33)30-40/h1-31H. The zero-order valence-electron chi connectivity index (χ0n) is 30.1. The molecule has 260 valence electrons. The highest BCUT2D eigenvalue weighted by atomic mass is 15.0. The first-order valence-electron chi connectivity index (χ1n) is 18.7. The van der Waals surface area contributed by atoms with Gasteiger partial charge in [0.1, 0.15) is 0 Å². The van der Waals surface area contributed by atoms with Crippen molar-refractivity contribution < 1.29 is 0 Å². The van der Waals surface area contributed by atoms with Crippen LogP contribution in [-0.4, -0.2) is 24.9 Å². The molecule has 0 fully saturated rings. The summed E-state index contributed by atoms with van der Waals surface area (Å²) in [4.78, 5) is 25.9. The Balaban J connectivity index is 1.11. The molecule has 3 heterocycles. The molecule has 0 radical (unpaired) electrons. The summed E-state index contributed by atoms with van der Waals surface area (Å²) in [6.45, 7) is 0. The molecule has 8 aromatic carbocycles. The molecule has 56 heavy (non-hydrogen) atoms. The molecular formula is C51H31N5. The third kappa shape index (κ3) is 5.53. The lowest BCUT2D eigenvalue weighted by Gasteiger charge is -2.14. The lowest BCUT2D eigenvalue weighted by atomic mass is 9.95. The van der Waals surface area contributed by atoms with Crippen molar-refractivity contribution >= 4 is 54.1 Å². The van der Waals surface area contributed by atoms with Gasteiger partial charge in [-0.1, -0.05) is 146 Å². The molecule has 0 bridgehead atoms. The third-order valence-corrected chi connectivity index (χ3v) is 10.6. The molecule has 5 nitrogen and oxygen atoms in total. The maximum Gasteiger partial charge on any atom is 0.164 e. The second-order valence-electron chi connectivity index (χ2n) is 14.1. The van der Waals surface area contributed by atoms with E-state index >= 15 is 0 Å². The van der Waals surface area contributed by atoms with Crippen LogP contribution < -0.4 is 0 Å². The maximum absolute atomic E-state index is 5.35. The van der Waals surface area contributed by atoms with Gasteiger partial charge in [0.2, 0.25) is 0 Å². The highest BCUT2D eigenvalue weighted by molar-refractivity contribution is 6.20. The van der Waals surface area contributed by atoms with E-state index in [0.29, 0.717) is 17.5 Å². The number of hydrogen-bond donors (Lipinski definition) is 0. The van der Waals surface area contributed by atoms with Gasteiger partial charge in [-0.05, 0) is 69.4 Å². The van der Waals surface area contributed by atoms with Crippen molar-refractivity contribution in [2.24, 2.45) is 0 Å². The first kappa shape index (κ1) is 31.9. The quantitative estimate of drug-likeness (QED) is 0.166. The van der Waals surface area contributed by atoms with Crippen LogP contribution in [0.1, 0.15) is 0 Å². The molecule has 0 atom stereocenters. The third-order valence-electron chi connectivity index (χ3n) is 10.6. The Morgan fingerprint density at radius 2 is 0.804 bits per heavy atom. The molecule has 11 rings (SSSR count). The van der Waals surface area contributed by atoms with Crippen LogP contribution in [0.15, 0.2) is 188 Å². The fourth-order valence-corrected chi connectivity index (χ4v) is 7.86. The average Bonchev–Trinajstić information content (AvgIpc) is 3.28. The van der Waals surface area contributed by atoms with Gasteiger partial charge in [0, 0.05) is 44.0 Å². The average molecular weight is 714 g/mol. The fourth-order valence-electron chi connectivity index (χ4n) is 7.86. The van der Waals surface area contributed by atoms with Crippen molar-refractivity contribution in [1.29, 1.82) is 0 Å². The van der Waals surface area contributed by atoms with Crippen LogP contribution in [0.4, 0.5) is 0 Å². The summed E-state index contributed by atoms with van der Waals surface area (Å²) < 4.78 is 0. The molecule has 0 amide bonds. The van der Waals surface area contributed by atoms with Gasteiger partial charge >= 0.3 is 0 Å². The van der Waals surface area contributed by atoms with E-state index < -0.39 is 0 Å². The van der Waals surface area contributed by atoms with Crippen molar-refractivity contribution in [2.75, 3.05) is 0 Å². The molecule has 0 N–H and O–H groups in total. The number of rotatable bonds is 5. The molecule has 0 saturated heterocycles. The van der Waals surface area contributed by atoms with Crippen molar-refractivity contribution in [3.05, 3.63) is 188 Å². The Hall–Kier alpha value is -7.63. The number of aromatic nitrogens is 5. The summed E-state index contributed by atoms with van der Waals surface area (Å²) in [7, 11) is 0. The smallest absolute Gasteiger partial charge is 0.164 e. The van der Waals surface area contributed by atoms with E-state index in [9.17, 15) is 0 Å². The SMILES string of the molecule is c1ccc(-c2ccc3c(ccc4c5ccccc5nc(-c5cccc(-c6nc(-c7ccc8ccccc8c7)nc(-c7ccc8ccccc8c7)n6)c5)c34)n2)cc1. The first-order chi connectivity index (χ1) is 27.7. The van der Waals surface area contributed by atoms with Gasteiger partial charge in [-0.2, -0.15) is 0 Å². The van der Waals surface area contributed by atoms with Gasteiger partial charge in [0.25, 0.3) is 0 Å². The summed E-state index contributed by atoms with van der Waals surface area (Å²) in [5.41, 5.74) is 8.48. The van der Waals surface area contributed by atoms with E-state index in [-0.39, 0.29) is 0 Å². The van der Waals surface area contributed by atoms with Gasteiger partial charge in [-0.3, -0.25) is 0 Å². The second kappa shape index (κ2) is 13.0. The van der Waals surface area contributed by atoms with E-state index in [0.717, 1.165) is 82.6 Å². The number of nitrogens with zero attached hydrogens (tertiary/aromatic N) is 5. The van der Waals surface area contributed by atoms with Crippen molar-refractivity contribution in [2.45, 2.75) is 0 Å². The Morgan fingerprint density at radius 1 is 0.268 bits per heavy atom. The number of benzene rings is 8. The summed E-state index contributed by atoms with van der Waals surface area (Å²) in [5, 5.41) is 8.96. The van der Waals surface area contributed by atoms with Crippen LogP contribution >= 0.6 is 0 Å².